The minimum absolute atomic E-state index is 0.683. The molecule has 218 valence electrons. The Morgan fingerprint density at radius 3 is 1.85 bits per heavy atom. The van der Waals surface area contributed by atoms with Crippen LogP contribution in [-0.4, -0.2) is 14.5 Å². The van der Waals surface area contributed by atoms with Gasteiger partial charge in [-0.3, -0.25) is 0 Å². The fourth-order valence-corrected chi connectivity index (χ4v) is 10.3. The highest BCUT2D eigenvalue weighted by atomic mass is 32.2. The van der Waals surface area contributed by atoms with E-state index >= 15 is 0 Å². The second-order valence-electron chi connectivity index (χ2n) is 11.4. The Hall–Kier alpha value is -5.22. The van der Waals surface area contributed by atoms with Crippen molar-refractivity contribution < 1.29 is 4.57 Å². The van der Waals surface area contributed by atoms with Crippen LogP contribution in [0.15, 0.2) is 168 Å². The molecule has 6 heteroatoms. The molecule has 0 amide bonds. The molecule has 0 radical (unpaired) electrons. The van der Waals surface area contributed by atoms with Gasteiger partial charge in [-0.2, -0.15) is 0 Å². The number of para-hydroxylation sites is 2. The first-order valence-electron chi connectivity index (χ1n) is 15.2. The summed E-state index contributed by atoms with van der Waals surface area (Å²) in [4.78, 5) is 12.0. The van der Waals surface area contributed by atoms with Gasteiger partial charge in [0.25, 0.3) is 0 Å². The second-order valence-corrected chi connectivity index (χ2v) is 15.3. The average molecular weight is 628 g/mol. The maximum absolute atomic E-state index is 14.7. The summed E-state index contributed by atoms with van der Waals surface area (Å²) in [7, 11) is -3.02. The van der Waals surface area contributed by atoms with E-state index in [1.54, 1.807) is 11.8 Å². The van der Waals surface area contributed by atoms with Gasteiger partial charge in [-0.25, -0.2) is 9.97 Å². The second kappa shape index (κ2) is 10.7. The van der Waals surface area contributed by atoms with Crippen molar-refractivity contribution in [3.05, 3.63) is 158 Å². The summed E-state index contributed by atoms with van der Waals surface area (Å²) in [5.74, 6) is 0.683. The van der Waals surface area contributed by atoms with Gasteiger partial charge in [-0.1, -0.05) is 127 Å². The minimum Gasteiger partial charge on any atom is -0.309 e. The van der Waals surface area contributed by atoms with Crippen LogP contribution in [0, 0.1) is 0 Å². The molecule has 46 heavy (non-hydrogen) atoms. The number of aromatic nitrogens is 3. The van der Waals surface area contributed by atoms with E-state index in [9.17, 15) is 4.57 Å². The molecule has 0 unspecified atom stereocenters. The number of benzene rings is 6. The molecular weight excluding hydrogens is 602 g/mol. The summed E-state index contributed by atoms with van der Waals surface area (Å²) in [5, 5.41) is 4.99. The molecule has 1 aliphatic rings. The van der Waals surface area contributed by atoms with Crippen LogP contribution in [-0.2, 0) is 4.57 Å². The van der Waals surface area contributed by atoms with Crippen LogP contribution >= 0.6 is 18.9 Å². The van der Waals surface area contributed by atoms with E-state index in [0.29, 0.717) is 5.82 Å². The summed E-state index contributed by atoms with van der Waals surface area (Å²) < 4.78 is 17.1. The van der Waals surface area contributed by atoms with Crippen molar-refractivity contribution in [3.63, 3.8) is 0 Å². The van der Waals surface area contributed by atoms with Gasteiger partial charge in [0.2, 0.25) is 0 Å². The van der Waals surface area contributed by atoms with E-state index in [0.717, 1.165) is 32.6 Å². The molecule has 3 heterocycles. The molecule has 0 bridgehead atoms. The monoisotopic (exact) mass is 627 g/mol. The molecule has 8 aromatic rings. The summed E-state index contributed by atoms with van der Waals surface area (Å²) in [6.45, 7) is 0. The highest BCUT2D eigenvalue weighted by Crippen LogP contribution is 2.47. The van der Waals surface area contributed by atoms with Gasteiger partial charge < -0.3 is 9.13 Å². The number of fused-ring (bicyclic) bond motifs is 5. The minimum atomic E-state index is -3.02. The van der Waals surface area contributed by atoms with Crippen LogP contribution in [0.5, 0.6) is 0 Å². The van der Waals surface area contributed by atoms with Gasteiger partial charge in [-0.15, -0.1) is 0 Å². The molecule has 0 aliphatic carbocycles. The van der Waals surface area contributed by atoms with Gasteiger partial charge >= 0.3 is 0 Å². The fraction of sp³-hybridized carbons (Fsp3) is 0. The molecule has 4 nitrogen and oxygen atoms in total. The lowest BCUT2D eigenvalue weighted by atomic mass is 10.1. The maximum Gasteiger partial charge on any atom is 0.171 e. The Balaban J connectivity index is 1.04. The van der Waals surface area contributed by atoms with Crippen LogP contribution in [0.1, 0.15) is 0 Å². The smallest absolute Gasteiger partial charge is 0.171 e. The zero-order chi connectivity index (χ0) is 30.7. The predicted molar refractivity (Wildman–Crippen MR) is 191 cm³/mol. The largest absolute Gasteiger partial charge is 0.309 e. The molecule has 9 rings (SSSR count). The van der Waals surface area contributed by atoms with Crippen LogP contribution < -0.4 is 15.9 Å². The van der Waals surface area contributed by atoms with Gasteiger partial charge in [0.05, 0.1) is 16.7 Å². The average Bonchev–Trinajstić information content (AvgIpc) is 3.48. The molecule has 6 aromatic carbocycles. The van der Waals surface area contributed by atoms with Crippen molar-refractivity contribution in [2.75, 3.05) is 0 Å². The van der Waals surface area contributed by atoms with Crippen molar-refractivity contribution in [1.82, 2.24) is 14.5 Å². The van der Waals surface area contributed by atoms with Crippen LogP contribution in [0.4, 0.5) is 0 Å². The van der Waals surface area contributed by atoms with Crippen LogP contribution in [0.2, 0.25) is 0 Å². The van der Waals surface area contributed by atoms with Gasteiger partial charge in [0, 0.05) is 60.0 Å². The lowest BCUT2D eigenvalue weighted by molar-refractivity contribution is 0.592. The van der Waals surface area contributed by atoms with Gasteiger partial charge in [0.1, 0.15) is 0 Å². The van der Waals surface area contributed by atoms with Crippen molar-refractivity contribution in [2.45, 2.75) is 9.79 Å². The third-order valence-corrected chi connectivity index (χ3v) is 13.0. The van der Waals surface area contributed by atoms with E-state index in [4.69, 9.17) is 9.97 Å². The summed E-state index contributed by atoms with van der Waals surface area (Å²) in [6, 6.07) is 49.2. The molecule has 0 saturated heterocycles. The number of nitrogens with zero attached hydrogens (tertiary/aromatic N) is 3. The van der Waals surface area contributed by atoms with E-state index < -0.39 is 7.14 Å². The Labute approximate surface area is 270 Å². The molecule has 1 aliphatic heterocycles. The standard InChI is InChI=1S/C40H26N3OPS/c44-45(30-10-3-1-4-11-30,31-12-5-2-6-13-31)32-21-18-27(19-22-32)29-25-41-40(42-26-29)28-20-23-36-38(24-28)46-37-17-9-15-34-33-14-7-8-16-35(33)43(36)39(34)37/h1-26H. The zero-order valence-electron chi connectivity index (χ0n) is 24.6. The lowest BCUT2D eigenvalue weighted by Crippen LogP contribution is -2.24. The highest BCUT2D eigenvalue weighted by molar-refractivity contribution is 7.99. The fourth-order valence-electron chi connectivity index (χ4n) is 6.57. The molecule has 2 aromatic heterocycles. The van der Waals surface area contributed by atoms with Crippen molar-refractivity contribution in [2.24, 2.45) is 0 Å². The van der Waals surface area contributed by atoms with Crippen molar-refractivity contribution >= 4 is 56.6 Å². The SMILES string of the molecule is O=P(c1ccccc1)(c1ccccc1)c1ccc(-c2cnc(-c3ccc4c(c3)Sc3cccc5c6ccccc6n-4c35)nc2)cc1. The van der Waals surface area contributed by atoms with E-state index in [1.807, 2.05) is 97.3 Å². The summed E-state index contributed by atoms with van der Waals surface area (Å²) in [6.07, 6.45) is 3.74. The van der Waals surface area contributed by atoms with E-state index in [2.05, 4.69) is 65.2 Å². The first-order valence-corrected chi connectivity index (χ1v) is 17.7. The maximum atomic E-state index is 14.7. The normalized spacial score (nSPS) is 12.3. The molecular formula is C40H26N3OPS. The third-order valence-electron chi connectivity index (χ3n) is 8.79. The van der Waals surface area contributed by atoms with E-state index in [-0.39, 0.29) is 0 Å². The van der Waals surface area contributed by atoms with Crippen molar-refractivity contribution in [3.8, 4) is 28.2 Å². The van der Waals surface area contributed by atoms with Crippen LogP contribution in [0.25, 0.3) is 50.0 Å². The third kappa shape index (κ3) is 4.20. The summed E-state index contributed by atoms with van der Waals surface area (Å²) >= 11 is 1.80. The molecule has 0 atom stereocenters. The Bertz CT molecular complexity index is 2410. The van der Waals surface area contributed by atoms with E-state index in [1.165, 1.54) is 37.3 Å². The number of hydrogen-bond donors (Lipinski definition) is 0. The Kier molecular flexibility index (Phi) is 6.31. The van der Waals surface area contributed by atoms with Crippen LogP contribution in [0.3, 0.4) is 0 Å². The highest BCUT2D eigenvalue weighted by Gasteiger charge is 2.29. The van der Waals surface area contributed by atoms with Crippen molar-refractivity contribution in [1.29, 1.82) is 0 Å². The summed E-state index contributed by atoms with van der Waals surface area (Å²) in [5.41, 5.74) is 6.53. The first kappa shape index (κ1) is 27.1. The Morgan fingerprint density at radius 1 is 0.522 bits per heavy atom. The zero-order valence-corrected chi connectivity index (χ0v) is 26.3. The molecule has 0 N–H and O–H groups in total. The molecule has 0 saturated carbocycles. The number of hydrogen-bond acceptors (Lipinski definition) is 4. The number of rotatable bonds is 5. The quantitative estimate of drug-likeness (QED) is 0.179. The van der Waals surface area contributed by atoms with Gasteiger partial charge in [0.15, 0.2) is 13.0 Å². The topological polar surface area (TPSA) is 47.8 Å². The van der Waals surface area contributed by atoms with Gasteiger partial charge in [-0.05, 0) is 35.9 Å². The lowest BCUT2D eigenvalue weighted by Gasteiger charge is -2.20. The molecule has 0 spiro atoms. The molecule has 0 fully saturated rings. The first-order chi connectivity index (χ1) is 22.7. The Morgan fingerprint density at radius 2 is 1.13 bits per heavy atom. The predicted octanol–water partition coefficient (Wildman–Crippen LogP) is 9.01.